The molecule has 2 heteroatoms. The van der Waals surface area contributed by atoms with Gasteiger partial charge in [-0.2, -0.15) is 0 Å². The molecule has 0 unspecified atom stereocenters. The van der Waals surface area contributed by atoms with E-state index in [2.05, 4.69) is 30.4 Å². The van der Waals surface area contributed by atoms with Gasteiger partial charge in [0.05, 0.1) is 0 Å². The highest BCUT2D eigenvalue weighted by Gasteiger charge is 2.20. The number of hydrogen-bond donors (Lipinski definition) is 2. The highest BCUT2D eigenvalue weighted by Crippen LogP contribution is 2.42. The molecule has 2 aliphatic rings. The summed E-state index contributed by atoms with van der Waals surface area (Å²) in [4.78, 5) is 0. The minimum Gasteiger partial charge on any atom is -0.504 e. The number of benzene rings is 2. The molecule has 0 saturated heterocycles. The lowest BCUT2D eigenvalue weighted by Crippen LogP contribution is -2.00. The average molecular weight is 248 g/mol. The van der Waals surface area contributed by atoms with Gasteiger partial charge in [0.2, 0.25) is 0 Å². The summed E-state index contributed by atoms with van der Waals surface area (Å²) in [6, 6.07) is 7.37. The highest BCUT2D eigenvalue weighted by atomic mass is 16.3. The zero-order chi connectivity index (χ0) is 13.0. The maximum atomic E-state index is 9.76. The van der Waals surface area contributed by atoms with E-state index < -0.39 is 0 Å². The molecule has 0 aliphatic heterocycles. The number of phenolic OH excluding ortho intramolecular Hbond substituents is 2. The van der Waals surface area contributed by atoms with Crippen molar-refractivity contribution in [1.29, 1.82) is 0 Å². The van der Waals surface area contributed by atoms with Crippen molar-refractivity contribution in [3.05, 3.63) is 65.3 Å². The predicted molar refractivity (Wildman–Crippen MR) is 76.2 cm³/mol. The van der Waals surface area contributed by atoms with E-state index >= 15 is 0 Å². The summed E-state index contributed by atoms with van der Waals surface area (Å²) in [7, 11) is 0. The van der Waals surface area contributed by atoms with Gasteiger partial charge >= 0.3 is 0 Å². The lowest BCUT2D eigenvalue weighted by molar-refractivity contribution is 0.405. The Morgan fingerprint density at radius 3 is 2.74 bits per heavy atom. The molecule has 2 aromatic carbocycles. The van der Waals surface area contributed by atoms with E-state index in [4.69, 9.17) is 0 Å². The van der Waals surface area contributed by atoms with Crippen LogP contribution in [0.2, 0.25) is 0 Å². The Labute approximate surface area is 110 Å². The van der Waals surface area contributed by atoms with E-state index in [1.165, 1.54) is 22.3 Å². The molecular formula is C17H12O2. The average Bonchev–Trinajstić information content (AvgIpc) is 2.88. The summed E-state index contributed by atoms with van der Waals surface area (Å²) in [6.07, 6.45) is 9.40. The van der Waals surface area contributed by atoms with Crippen LogP contribution in [0.1, 0.15) is 11.1 Å². The van der Waals surface area contributed by atoms with Crippen molar-refractivity contribution in [3.8, 4) is 11.5 Å². The molecule has 0 amide bonds. The van der Waals surface area contributed by atoms with Crippen molar-refractivity contribution in [2.75, 3.05) is 0 Å². The lowest BCUT2D eigenvalue weighted by atomic mass is 9.85. The SMILES string of the molecule is Oc1cc2ccc3c(c2cc1O)C1=CC=CC1=CC3. The normalized spacial score (nSPS) is 16.0. The van der Waals surface area contributed by atoms with Gasteiger partial charge in [-0.15, -0.1) is 0 Å². The third-order valence-electron chi connectivity index (χ3n) is 3.86. The Morgan fingerprint density at radius 2 is 1.84 bits per heavy atom. The third-order valence-corrected chi connectivity index (χ3v) is 3.86. The molecular weight excluding hydrogens is 236 g/mol. The van der Waals surface area contributed by atoms with Gasteiger partial charge in [-0.3, -0.25) is 0 Å². The standard InChI is InChI=1S/C17H12O2/c18-15-8-12-7-6-11-5-4-10-2-1-3-13(10)17(11)14(12)9-16(15)19/h1-4,6-9,18-19H,5H2. The molecule has 0 saturated carbocycles. The Morgan fingerprint density at radius 1 is 1.00 bits per heavy atom. The van der Waals surface area contributed by atoms with Gasteiger partial charge in [-0.05, 0) is 51.6 Å². The molecule has 92 valence electrons. The van der Waals surface area contributed by atoms with Gasteiger partial charge in [0.15, 0.2) is 11.5 Å². The summed E-state index contributed by atoms with van der Waals surface area (Å²) in [5.74, 6) is -0.138. The summed E-state index contributed by atoms with van der Waals surface area (Å²) < 4.78 is 0. The quantitative estimate of drug-likeness (QED) is 0.698. The molecule has 0 radical (unpaired) electrons. The first-order valence-corrected chi connectivity index (χ1v) is 6.31. The number of aromatic hydroxyl groups is 2. The van der Waals surface area contributed by atoms with Crippen LogP contribution in [0.15, 0.2) is 54.1 Å². The van der Waals surface area contributed by atoms with Crippen molar-refractivity contribution in [2.45, 2.75) is 6.42 Å². The zero-order valence-corrected chi connectivity index (χ0v) is 10.2. The van der Waals surface area contributed by atoms with Crippen LogP contribution in [0.5, 0.6) is 11.5 Å². The molecule has 2 aromatic rings. The van der Waals surface area contributed by atoms with Gasteiger partial charge in [-0.25, -0.2) is 0 Å². The van der Waals surface area contributed by atoms with Crippen LogP contribution in [0.4, 0.5) is 0 Å². The third kappa shape index (κ3) is 1.37. The molecule has 0 bridgehead atoms. The molecule has 0 atom stereocenters. The van der Waals surface area contributed by atoms with Gasteiger partial charge in [0.25, 0.3) is 0 Å². The summed E-state index contributed by atoms with van der Waals surface area (Å²) >= 11 is 0. The minimum atomic E-state index is -0.0717. The molecule has 2 aliphatic carbocycles. The van der Waals surface area contributed by atoms with Gasteiger partial charge in [-0.1, -0.05) is 36.4 Å². The molecule has 0 heterocycles. The fourth-order valence-corrected chi connectivity index (χ4v) is 2.94. The monoisotopic (exact) mass is 248 g/mol. The lowest BCUT2D eigenvalue weighted by Gasteiger charge is -2.19. The minimum absolute atomic E-state index is 0.0661. The number of allylic oxidation sites excluding steroid dienone is 6. The number of fused-ring (bicyclic) bond motifs is 5. The Hall–Kier alpha value is -2.48. The molecule has 0 spiro atoms. The van der Waals surface area contributed by atoms with Crippen molar-refractivity contribution < 1.29 is 10.2 Å². The van der Waals surface area contributed by atoms with Gasteiger partial charge in [0.1, 0.15) is 0 Å². The van der Waals surface area contributed by atoms with Crippen LogP contribution in [0.25, 0.3) is 16.3 Å². The van der Waals surface area contributed by atoms with Crippen LogP contribution in [0.3, 0.4) is 0 Å². The van der Waals surface area contributed by atoms with Crippen LogP contribution in [-0.4, -0.2) is 10.2 Å². The zero-order valence-electron chi connectivity index (χ0n) is 10.2. The van der Waals surface area contributed by atoms with Crippen molar-refractivity contribution >= 4 is 16.3 Å². The van der Waals surface area contributed by atoms with Gasteiger partial charge < -0.3 is 10.2 Å². The second-order valence-electron chi connectivity index (χ2n) is 4.96. The van der Waals surface area contributed by atoms with E-state index in [0.717, 1.165) is 17.2 Å². The fraction of sp³-hybridized carbons (Fsp3) is 0.0588. The summed E-state index contributed by atoms with van der Waals surface area (Å²) in [5.41, 5.74) is 4.89. The number of rotatable bonds is 0. The highest BCUT2D eigenvalue weighted by molar-refractivity contribution is 6.03. The molecule has 0 aromatic heterocycles. The number of hydrogen-bond acceptors (Lipinski definition) is 2. The van der Waals surface area contributed by atoms with Crippen LogP contribution in [-0.2, 0) is 6.42 Å². The fourth-order valence-electron chi connectivity index (χ4n) is 2.94. The molecule has 2 nitrogen and oxygen atoms in total. The molecule has 2 N–H and O–H groups in total. The second kappa shape index (κ2) is 3.51. The molecule has 19 heavy (non-hydrogen) atoms. The Bertz CT molecular complexity index is 808. The largest absolute Gasteiger partial charge is 0.504 e. The smallest absolute Gasteiger partial charge is 0.158 e. The van der Waals surface area contributed by atoms with Crippen molar-refractivity contribution in [2.24, 2.45) is 0 Å². The van der Waals surface area contributed by atoms with Crippen LogP contribution in [0, 0.1) is 0 Å². The molecule has 4 rings (SSSR count). The maximum Gasteiger partial charge on any atom is 0.158 e. The predicted octanol–water partition coefficient (Wildman–Crippen LogP) is 3.69. The Balaban J connectivity index is 2.11. The van der Waals surface area contributed by atoms with E-state index in [9.17, 15) is 10.2 Å². The van der Waals surface area contributed by atoms with E-state index in [-0.39, 0.29) is 11.5 Å². The maximum absolute atomic E-state index is 9.76. The van der Waals surface area contributed by atoms with Crippen LogP contribution >= 0.6 is 0 Å². The van der Waals surface area contributed by atoms with Crippen molar-refractivity contribution in [3.63, 3.8) is 0 Å². The first-order valence-electron chi connectivity index (χ1n) is 6.31. The van der Waals surface area contributed by atoms with E-state index in [1.807, 2.05) is 6.07 Å². The van der Waals surface area contributed by atoms with E-state index in [1.54, 1.807) is 12.1 Å². The van der Waals surface area contributed by atoms with Gasteiger partial charge in [0, 0.05) is 0 Å². The van der Waals surface area contributed by atoms with E-state index in [0.29, 0.717) is 0 Å². The van der Waals surface area contributed by atoms with Crippen LogP contribution < -0.4 is 0 Å². The summed E-state index contributed by atoms with van der Waals surface area (Å²) in [5, 5.41) is 21.3. The first-order chi connectivity index (χ1) is 9.24. The topological polar surface area (TPSA) is 40.5 Å². The molecule has 0 fully saturated rings. The Kier molecular flexibility index (Phi) is 1.93. The summed E-state index contributed by atoms with van der Waals surface area (Å²) in [6.45, 7) is 0. The van der Waals surface area contributed by atoms with Crippen molar-refractivity contribution in [1.82, 2.24) is 0 Å². The first kappa shape index (κ1) is 10.4. The number of phenols is 2. The second-order valence-corrected chi connectivity index (χ2v) is 4.96.